The number of fused-ring (bicyclic) bond motifs is 1. The smallest absolute Gasteiger partial charge is 0.244 e. The van der Waals surface area contributed by atoms with E-state index in [0.29, 0.717) is 29.9 Å². The number of hydrogen-bond acceptors (Lipinski definition) is 1. The number of benzene rings is 3. The minimum absolute atomic E-state index is 0.184. The minimum atomic E-state index is -0.325. The van der Waals surface area contributed by atoms with Crippen LogP contribution in [0.25, 0.3) is 6.08 Å². The van der Waals surface area contributed by atoms with Gasteiger partial charge in [0.25, 0.3) is 0 Å². The van der Waals surface area contributed by atoms with Gasteiger partial charge < -0.3 is 5.32 Å². The average Bonchev–Trinajstić information content (AvgIpc) is 2.77. The molecule has 3 aliphatic rings. The first-order chi connectivity index (χ1) is 14.2. The van der Waals surface area contributed by atoms with Crippen LogP contribution in [0.3, 0.4) is 0 Å². The predicted molar refractivity (Wildman–Crippen MR) is 113 cm³/mol. The third-order valence-corrected chi connectivity index (χ3v) is 6.28. The Morgan fingerprint density at radius 1 is 0.897 bits per heavy atom. The van der Waals surface area contributed by atoms with Crippen LogP contribution in [0, 0.1) is 11.7 Å². The highest BCUT2D eigenvalue weighted by atomic mass is 19.1. The van der Waals surface area contributed by atoms with E-state index in [9.17, 15) is 9.18 Å². The molecular formula is C26H22FNO. The second-order valence-electron chi connectivity index (χ2n) is 7.88. The van der Waals surface area contributed by atoms with Gasteiger partial charge in [-0.1, -0.05) is 66.7 Å². The lowest BCUT2D eigenvalue weighted by atomic mass is 9.59. The maximum Gasteiger partial charge on any atom is 0.244 e. The normalized spacial score (nSPS) is 21.6. The second-order valence-corrected chi connectivity index (χ2v) is 7.88. The molecule has 0 heterocycles. The summed E-state index contributed by atoms with van der Waals surface area (Å²) in [5.74, 6) is 0.549. The molecule has 0 spiro atoms. The van der Waals surface area contributed by atoms with E-state index >= 15 is 0 Å². The standard InChI is InChI=1S/C26H22FNO/c27-24-12-6-1-7-17(24)13-14-25(29)28-16-18-15-23-19-8-2-4-10-21(19)26(18)22-11-5-3-9-20(22)23/h1-14,18,23,26H,15-16H2,(H,28,29)/b14-13+. The zero-order valence-electron chi connectivity index (χ0n) is 16.0. The van der Waals surface area contributed by atoms with Crippen molar-refractivity contribution in [2.45, 2.75) is 18.3 Å². The fourth-order valence-electron chi connectivity index (χ4n) is 5.03. The molecule has 3 aromatic carbocycles. The van der Waals surface area contributed by atoms with Gasteiger partial charge >= 0.3 is 0 Å². The Morgan fingerprint density at radius 3 is 2.14 bits per heavy atom. The van der Waals surface area contributed by atoms with Crippen molar-refractivity contribution in [3.8, 4) is 0 Å². The lowest BCUT2D eigenvalue weighted by Gasteiger charge is -2.45. The maximum atomic E-state index is 13.7. The van der Waals surface area contributed by atoms with E-state index in [1.165, 1.54) is 40.5 Å². The highest BCUT2D eigenvalue weighted by Gasteiger charge is 2.42. The van der Waals surface area contributed by atoms with Crippen LogP contribution >= 0.6 is 0 Å². The van der Waals surface area contributed by atoms with E-state index in [2.05, 4.69) is 53.8 Å². The van der Waals surface area contributed by atoms with E-state index in [-0.39, 0.29) is 11.7 Å². The zero-order valence-corrected chi connectivity index (χ0v) is 16.0. The molecule has 6 rings (SSSR count). The monoisotopic (exact) mass is 383 g/mol. The van der Waals surface area contributed by atoms with Crippen LogP contribution in [0.1, 0.15) is 46.1 Å². The maximum absolute atomic E-state index is 13.7. The summed E-state index contributed by atoms with van der Waals surface area (Å²) in [5, 5.41) is 3.04. The molecule has 3 aromatic rings. The number of amides is 1. The fraction of sp³-hybridized carbons (Fsp3) is 0.192. The van der Waals surface area contributed by atoms with Crippen molar-refractivity contribution < 1.29 is 9.18 Å². The Labute approximate surface area is 170 Å². The average molecular weight is 383 g/mol. The van der Waals surface area contributed by atoms with Gasteiger partial charge in [-0.25, -0.2) is 4.39 Å². The predicted octanol–water partition coefficient (Wildman–Crippen LogP) is 5.25. The molecule has 1 unspecified atom stereocenters. The summed E-state index contributed by atoms with van der Waals surface area (Å²) in [7, 11) is 0. The molecule has 1 atom stereocenters. The van der Waals surface area contributed by atoms with Crippen molar-refractivity contribution in [1.29, 1.82) is 0 Å². The van der Waals surface area contributed by atoms with Gasteiger partial charge in [0.05, 0.1) is 0 Å². The summed E-state index contributed by atoms with van der Waals surface area (Å²) >= 11 is 0. The fourth-order valence-corrected chi connectivity index (χ4v) is 5.03. The summed E-state index contributed by atoms with van der Waals surface area (Å²) in [5.41, 5.74) is 6.06. The van der Waals surface area contributed by atoms with Crippen LogP contribution in [0.2, 0.25) is 0 Å². The van der Waals surface area contributed by atoms with Gasteiger partial charge in [-0.2, -0.15) is 0 Å². The van der Waals surface area contributed by atoms with Crippen molar-refractivity contribution in [3.05, 3.63) is 113 Å². The molecule has 0 fully saturated rings. The summed E-state index contributed by atoms with van der Waals surface area (Å²) < 4.78 is 13.7. The highest BCUT2D eigenvalue weighted by molar-refractivity contribution is 5.91. The number of halogens is 1. The lowest BCUT2D eigenvalue weighted by molar-refractivity contribution is -0.116. The number of carbonyl (C=O) groups is 1. The van der Waals surface area contributed by atoms with E-state index in [1.807, 2.05) is 0 Å². The van der Waals surface area contributed by atoms with Gasteiger partial charge in [0.15, 0.2) is 0 Å². The van der Waals surface area contributed by atoms with Gasteiger partial charge in [0.1, 0.15) is 5.82 Å². The third-order valence-electron chi connectivity index (χ3n) is 6.28. The van der Waals surface area contributed by atoms with Crippen molar-refractivity contribution in [2.75, 3.05) is 6.54 Å². The molecule has 29 heavy (non-hydrogen) atoms. The van der Waals surface area contributed by atoms with Crippen LogP contribution in [0.4, 0.5) is 4.39 Å². The summed E-state index contributed by atoms with van der Waals surface area (Å²) in [6.07, 6.45) is 3.99. The van der Waals surface area contributed by atoms with E-state index < -0.39 is 0 Å². The molecule has 2 nitrogen and oxygen atoms in total. The SMILES string of the molecule is O=C(/C=C/c1ccccc1F)NCC1CC2c3ccccc3C1c1ccccc12. The Kier molecular flexibility index (Phi) is 4.51. The van der Waals surface area contributed by atoms with Crippen LogP contribution in [0.5, 0.6) is 0 Å². The van der Waals surface area contributed by atoms with E-state index in [0.717, 1.165) is 6.42 Å². The topological polar surface area (TPSA) is 29.1 Å². The summed E-state index contributed by atoms with van der Waals surface area (Å²) in [4.78, 5) is 12.3. The molecule has 2 bridgehead atoms. The zero-order chi connectivity index (χ0) is 19.8. The molecule has 1 amide bonds. The molecule has 0 aliphatic heterocycles. The summed E-state index contributed by atoms with van der Waals surface area (Å²) in [6, 6.07) is 23.9. The van der Waals surface area contributed by atoms with Crippen molar-refractivity contribution >= 4 is 12.0 Å². The van der Waals surface area contributed by atoms with Gasteiger partial charge in [-0.3, -0.25) is 4.79 Å². The summed E-state index contributed by atoms with van der Waals surface area (Å²) in [6.45, 7) is 0.615. The molecule has 3 aliphatic carbocycles. The minimum Gasteiger partial charge on any atom is -0.352 e. The van der Waals surface area contributed by atoms with Crippen molar-refractivity contribution in [3.63, 3.8) is 0 Å². The molecule has 0 saturated carbocycles. The third kappa shape index (κ3) is 3.17. The number of carbonyl (C=O) groups excluding carboxylic acids is 1. The van der Waals surface area contributed by atoms with E-state index in [4.69, 9.17) is 0 Å². The quantitative estimate of drug-likeness (QED) is 0.613. The van der Waals surface area contributed by atoms with Crippen LogP contribution in [0.15, 0.2) is 78.9 Å². The molecule has 0 saturated heterocycles. The highest BCUT2D eigenvalue weighted by Crippen LogP contribution is 2.55. The van der Waals surface area contributed by atoms with Gasteiger partial charge in [-0.15, -0.1) is 0 Å². The number of nitrogens with one attached hydrogen (secondary N) is 1. The first-order valence-corrected chi connectivity index (χ1v) is 10.1. The Bertz CT molecular complexity index is 1060. The van der Waals surface area contributed by atoms with Crippen LogP contribution < -0.4 is 5.32 Å². The molecule has 144 valence electrons. The number of hydrogen-bond donors (Lipinski definition) is 1. The van der Waals surface area contributed by atoms with Crippen LogP contribution in [-0.2, 0) is 4.79 Å². The van der Waals surface area contributed by atoms with Crippen LogP contribution in [-0.4, -0.2) is 12.5 Å². The van der Waals surface area contributed by atoms with Gasteiger partial charge in [0.2, 0.25) is 5.91 Å². The Hall–Kier alpha value is -3.20. The first-order valence-electron chi connectivity index (χ1n) is 10.1. The molecule has 3 heteroatoms. The Morgan fingerprint density at radius 2 is 1.48 bits per heavy atom. The first kappa shape index (κ1) is 17.9. The molecule has 1 N–H and O–H groups in total. The molecule has 0 aromatic heterocycles. The lowest BCUT2D eigenvalue weighted by Crippen LogP contribution is -2.38. The van der Waals surface area contributed by atoms with Crippen molar-refractivity contribution in [1.82, 2.24) is 5.32 Å². The Balaban J connectivity index is 1.34. The van der Waals surface area contributed by atoms with Gasteiger partial charge in [-0.05, 0) is 46.7 Å². The molecular weight excluding hydrogens is 361 g/mol. The molecule has 0 radical (unpaired) electrons. The van der Waals surface area contributed by atoms with E-state index in [1.54, 1.807) is 18.2 Å². The van der Waals surface area contributed by atoms with Crippen molar-refractivity contribution in [2.24, 2.45) is 5.92 Å². The largest absolute Gasteiger partial charge is 0.352 e. The van der Waals surface area contributed by atoms with Gasteiger partial charge in [0, 0.05) is 30.0 Å². The number of rotatable bonds is 4. The second kappa shape index (κ2) is 7.32.